The minimum Gasteiger partial charge on any atom is -0.396 e. The van der Waals surface area contributed by atoms with Crippen LogP contribution in [0.1, 0.15) is 29.6 Å². The minimum absolute atomic E-state index is 0.0643. The summed E-state index contributed by atoms with van der Waals surface area (Å²) in [6.45, 7) is 0. The Hall–Kier alpha value is -1.23. The van der Waals surface area contributed by atoms with Gasteiger partial charge in [-0.15, -0.1) is 0 Å². The van der Waals surface area contributed by atoms with Crippen molar-refractivity contribution in [1.82, 2.24) is 5.32 Å². The number of hydrogen-bond donors (Lipinski definition) is 2. The lowest BCUT2D eigenvalue weighted by Gasteiger charge is -2.19. The van der Waals surface area contributed by atoms with Crippen molar-refractivity contribution in [3.8, 4) is 0 Å². The van der Waals surface area contributed by atoms with Gasteiger partial charge >= 0.3 is 0 Å². The van der Waals surface area contributed by atoms with Gasteiger partial charge in [-0.1, -0.05) is 6.42 Å². The first kappa shape index (κ1) is 13.2. The number of amides is 1. The lowest BCUT2D eigenvalue weighted by atomic mass is 10.1. The van der Waals surface area contributed by atoms with E-state index in [-0.39, 0.29) is 17.6 Å². The molecule has 0 aromatic heterocycles. The number of anilines is 1. The highest BCUT2D eigenvalue weighted by molar-refractivity contribution is 7.99. The third-order valence-electron chi connectivity index (χ3n) is 3.33. The van der Waals surface area contributed by atoms with Gasteiger partial charge in [0.25, 0.3) is 5.91 Å². The summed E-state index contributed by atoms with van der Waals surface area (Å²) in [6, 6.07) is 4.35. The summed E-state index contributed by atoms with van der Waals surface area (Å²) >= 11 is 1.77. The number of thioether (sulfide) groups is 1. The fourth-order valence-corrected chi connectivity index (χ4v) is 3.23. The summed E-state index contributed by atoms with van der Waals surface area (Å²) < 4.78 is 13.3. The summed E-state index contributed by atoms with van der Waals surface area (Å²) in [7, 11) is 0. The highest BCUT2D eigenvalue weighted by atomic mass is 32.2. The van der Waals surface area contributed by atoms with E-state index < -0.39 is 5.82 Å². The predicted molar refractivity (Wildman–Crippen MR) is 73.2 cm³/mol. The molecule has 1 aromatic rings. The first-order valence-corrected chi connectivity index (χ1v) is 7.29. The Morgan fingerprint density at radius 2 is 2.28 bits per heavy atom. The van der Waals surface area contributed by atoms with E-state index in [9.17, 15) is 9.18 Å². The third-order valence-corrected chi connectivity index (χ3v) is 4.50. The zero-order chi connectivity index (χ0) is 13.1. The second-order valence-electron chi connectivity index (χ2n) is 4.52. The Morgan fingerprint density at radius 3 is 2.94 bits per heavy atom. The molecular weight excluding hydrogens is 251 g/mol. The fourth-order valence-electron chi connectivity index (χ4n) is 2.29. The molecule has 2 atom stereocenters. The van der Waals surface area contributed by atoms with Crippen molar-refractivity contribution in [2.75, 3.05) is 12.0 Å². The normalized spacial score (nSPS) is 23.0. The Morgan fingerprint density at radius 1 is 1.50 bits per heavy atom. The van der Waals surface area contributed by atoms with Crippen LogP contribution < -0.4 is 11.1 Å². The first-order chi connectivity index (χ1) is 8.61. The van der Waals surface area contributed by atoms with Gasteiger partial charge in [-0.05, 0) is 37.3 Å². The molecule has 1 saturated carbocycles. The van der Waals surface area contributed by atoms with Gasteiger partial charge in [0.05, 0.1) is 5.69 Å². The zero-order valence-electron chi connectivity index (χ0n) is 10.3. The Labute approximate surface area is 110 Å². The van der Waals surface area contributed by atoms with Gasteiger partial charge in [-0.25, -0.2) is 4.39 Å². The molecule has 98 valence electrons. The molecule has 1 aliphatic carbocycles. The van der Waals surface area contributed by atoms with E-state index in [0.717, 1.165) is 19.3 Å². The molecule has 0 saturated heterocycles. The highest BCUT2D eigenvalue weighted by Gasteiger charge is 2.28. The van der Waals surface area contributed by atoms with Gasteiger partial charge < -0.3 is 11.1 Å². The van der Waals surface area contributed by atoms with Crippen LogP contribution in [0.25, 0.3) is 0 Å². The maximum absolute atomic E-state index is 13.3. The van der Waals surface area contributed by atoms with E-state index in [4.69, 9.17) is 5.73 Å². The van der Waals surface area contributed by atoms with E-state index in [1.807, 2.05) is 0 Å². The van der Waals surface area contributed by atoms with Crippen molar-refractivity contribution in [3.05, 3.63) is 29.6 Å². The number of carbonyl (C=O) groups excluding carboxylic acids is 1. The highest BCUT2D eigenvalue weighted by Crippen LogP contribution is 2.28. The van der Waals surface area contributed by atoms with Crippen LogP contribution in [0.3, 0.4) is 0 Å². The zero-order valence-corrected chi connectivity index (χ0v) is 11.1. The minimum atomic E-state index is -0.546. The molecule has 5 heteroatoms. The molecular formula is C13H17FN2OS. The van der Waals surface area contributed by atoms with Gasteiger partial charge in [0.1, 0.15) is 5.82 Å². The van der Waals surface area contributed by atoms with Gasteiger partial charge in [0.15, 0.2) is 0 Å². The monoisotopic (exact) mass is 268 g/mol. The molecule has 0 heterocycles. The molecule has 3 N–H and O–H groups in total. The molecule has 2 rings (SSSR count). The topological polar surface area (TPSA) is 55.1 Å². The first-order valence-electron chi connectivity index (χ1n) is 6.00. The molecule has 1 aliphatic rings. The molecule has 1 aromatic carbocycles. The van der Waals surface area contributed by atoms with Crippen molar-refractivity contribution in [3.63, 3.8) is 0 Å². The molecule has 0 bridgehead atoms. The van der Waals surface area contributed by atoms with Gasteiger partial charge in [-0.2, -0.15) is 11.8 Å². The SMILES string of the molecule is CSC1CCCC1NC(=O)c1ccc(N)c(F)c1. The number of carbonyl (C=O) groups is 1. The molecule has 3 nitrogen and oxygen atoms in total. The van der Waals surface area contributed by atoms with Crippen molar-refractivity contribution in [2.45, 2.75) is 30.6 Å². The standard InChI is InChI=1S/C13H17FN2OS/c1-18-12-4-2-3-11(12)16-13(17)8-5-6-10(15)9(14)7-8/h5-7,11-12H,2-4,15H2,1H3,(H,16,17). The van der Waals surface area contributed by atoms with Crippen LogP contribution in [0.5, 0.6) is 0 Å². The van der Waals surface area contributed by atoms with Crippen molar-refractivity contribution in [1.29, 1.82) is 0 Å². The van der Waals surface area contributed by atoms with Crippen LogP contribution in [-0.4, -0.2) is 23.5 Å². The van der Waals surface area contributed by atoms with Crippen LogP contribution in [-0.2, 0) is 0 Å². The Kier molecular flexibility index (Phi) is 4.11. The number of benzene rings is 1. The summed E-state index contributed by atoms with van der Waals surface area (Å²) in [5, 5.41) is 3.44. The predicted octanol–water partition coefficient (Wildman–Crippen LogP) is 2.42. The van der Waals surface area contributed by atoms with Crippen molar-refractivity contribution >= 4 is 23.4 Å². The van der Waals surface area contributed by atoms with Gasteiger partial charge in [0.2, 0.25) is 0 Å². The smallest absolute Gasteiger partial charge is 0.251 e. The summed E-state index contributed by atoms with van der Waals surface area (Å²) in [4.78, 5) is 12.0. The van der Waals surface area contributed by atoms with Crippen LogP contribution in [0.2, 0.25) is 0 Å². The Bertz CT molecular complexity index is 453. The summed E-state index contributed by atoms with van der Waals surface area (Å²) in [5.74, 6) is -0.768. The number of rotatable bonds is 3. The van der Waals surface area contributed by atoms with E-state index >= 15 is 0 Å². The van der Waals surface area contributed by atoms with Gasteiger partial charge in [-0.3, -0.25) is 4.79 Å². The van der Waals surface area contributed by atoms with E-state index in [2.05, 4.69) is 11.6 Å². The molecule has 0 radical (unpaired) electrons. The summed E-state index contributed by atoms with van der Waals surface area (Å²) in [6.07, 6.45) is 5.31. The van der Waals surface area contributed by atoms with E-state index in [1.165, 1.54) is 12.1 Å². The molecule has 0 spiro atoms. The number of nitrogen functional groups attached to an aromatic ring is 1. The molecule has 0 aliphatic heterocycles. The van der Waals surface area contributed by atoms with Crippen molar-refractivity contribution < 1.29 is 9.18 Å². The number of nitrogens with two attached hydrogens (primary N) is 1. The third kappa shape index (κ3) is 2.77. The van der Waals surface area contributed by atoms with E-state index in [0.29, 0.717) is 10.8 Å². The van der Waals surface area contributed by atoms with Gasteiger partial charge in [0, 0.05) is 16.9 Å². The lowest BCUT2D eigenvalue weighted by molar-refractivity contribution is 0.0938. The van der Waals surface area contributed by atoms with Crippen LogP contribution in [0.4, 0.5) is 10.1 Å². The maximum Gasteiger partial charge on any atom is 0.251 e. The number of hydrogen-bond acceptors (Lipinski definition) is 3. The number of nitrogens with one attached hydrogen (secondary N) is 1. The quantitative estimate of drug-likeness (QED) is 0.828. The maximum atomic E-state index is 13.3. The lowest BCUT2D eigenvalue weighted by Crippen LogP contribution is -2.38. The van der Waals surface area contributed by atoms with Crippen LogP contribution in [0.15, 0.2) is 18.2 Å². The van der Waals surface area contributed by atoms with Crippen LogP contribution >= 0.6 is 11.8 Å². The molecule has 1 amide bonds. The van der Waals surface area contributed by atoms with Crippen LogP contribution in [0, 0.1) is 5.82 Å². The largest absolute Gasteiger partial charge is 0.396 e. The second kappa shape index (κ2) is 5.61. The molecule has 18 heavy (non-hydrogen) atoms. The number of halogens is 1. The van der Waals surface area contributed by atoms with Crippen molar-refractivity contribution in [2.24, 2.45) is 0 Å². The molecule has 2 unspecified atom stereocenters. The summed E-state index contributed by atoms with van der Waals surface area (Å²) in [5.41, 5.74) is 5.78. The second-order valence-corrected chi connectivity index (χ2v) is 5.60. The average molecular weight is 268 g/mol. The molecule has 1 fully saturated rings. The average Bonchev–Trinajstić information content (AvgIpc) is 2.79. The Balaban J connectivity index is 2.05. The fraction of sp³-hybridized carbons (Fsp3) is 0.462. The van der Waals surface area contributed by atoms with E-state index in [1.54, 1.807) is 17.8 Å².